The third-order valence-corrected chi connectivity index (χ3v) is 3.65. The standard InChI is InChI=1S/C11H20N2O4S/c1-12-9-10-5-6-11(17-10)18(14,15)13-7-3-4-8-16-2/h5-6,12-13H,3-4,7-9H2,1-2H3. The van der Waals surface area contributed by atoms with Gasteiger partial charge in [-0.2, -0.15) is 0 Å². The highest BCUT2D eigenvalue weighted by atomic mass is 32.2. The lowest BCUT2D eigenvalue weighted by atomic mass is 10.3. The van der Waals surface area contributed by atoms with Crippen LogP contribution in [0.3, 0.4) is 0 Å². The summed E-state index contributed by atoms with van der Waals surface area (Å²) in [7, 11) is -0.140. The number of unbranched alkanes of at least 4 members (excludes halogenated alkanes) is 1. The van der Waals surface area contributed by atoms with E-state index in [4.69, 9.17) is 9.15 Å². The molecule has 0 radical (unpaired) electrons. The Labute approximate surface area is 108 Å². The maximum absolute atomic E-state index is 11.8. The van der Waals surface area contributed by atoms with Gasteiger partial charge in [0.25, 0.3) is 10.0 Å². The Kier molecular flexibility index (Phi) is 6.34. The summed E-state index contributed by atoms with van der Waals surface area (Å²) < 4.78 is 36.3. The van der Waals surface area contributed by atoms with Crippen molar-refractivity contribution in [3.63, 3.8) is 0 Å². The lowest BCUT2D eigenvalue weighted by Crippen LogP contribution is -2.24. The molecular formula is C11H20N2O4S. The van der Waals surface area contributed by atoms with Gasteiger partial charge in [-0.1, -0.05) is 0 Å². The molecule has 6 nitrogen and oxygen atoms in total. The van der Waals surface area contributed by atoms with Gasteiger partial charge in [-0.05, 0) is 32.0 Å². The predicted octanol–water partition coefficient (Wildman–Crippen LogP) is 0.704. The van der Waals surface area contributed by atoms with Gasteiger partial charge in [-0.25, -0.2) is 13.1 Å². The molecule has 0 aliphatic rings. The molecule has 0 spiro atoms. The highest BCUT2D eigenvalue weighted by Crippen LogP contribution is 2.13. The second kappa shape index (κ2) is 7.52. The van der Waals surface area contributed by atoms with Gasteiger partial charge < -0.3 is 14.5 Å². The fourth-order valence-electron chi connectivity index (χ4n) is 1.42. The van der Waals surface area contributed by atoms with Gasteiger partial charge in [0.1, 0.15) is 5.76 Å². The van der Waals surface area contributed by atoms with E-state index in [0.29, 0.717) is 25.5 Å². The zero-order valence-electron chi connectivity index (χ0n) is 10.7. The summed E-state index contributed by atoms with van der Waals surface area (Å²) >= 11 is 0. The summed E-state index contributed by atoms with van der Waals surface area (Å²) in [4.78, 5) is 0. The Morgan fingerprint density at radius 2 is 2.11 bits per heavy atom. The molecule has 1 aromatic heterocycles. The molecule has 0 unspecified atom stereocenters. The van der Waals surface area contributed by atoms with Gasteiger partial charge >= 0.3 is 0 Å². The third kappa shape index (κ3) is 4.77. The van der Waals surface area contributed by atoms with Crippen LogP contribution in [0, 0.1) is 0 Å². The summed E-state index contributed by atoms with van der Waals surface area (Å²) in [5, 5.41) is 2.85. The first-order valence-corrected chi connectivity index (χ1v) is 7.30. The Balaban J connectivity index is 2.46. The molecule has 0 aliphatic carbocycles. The van der Waals surface area contributed by atoms with E-state index in [9.17, 15) is 8.42 Å². The normalized spacial score (nSPS) is 11.9. The van der Waals surface area contributed by atoms with Crippen LogP contribution in [0.4, 0.5) is 0 Å². The number of ether oxygens (including phenoxy) is 1. The molecule has 0 atom stereocenters. The Morgan fingerprint density at radius 3 is 2.78 bits per heavy atom. The predicted molar refractivity (Wildman–Crippen MR) is 67.8 cm³/mol. The van der Waals surface area contributed by atoms with E-state index < -0.39 is 10.0 Å². The number of methoxy groups -OCH3 is 1. The maximum atomic E-state index is 11.8. The van der Waals surface area contributed by atoms with Crippen molar-refractivity contribution in [2.24, 2.45) is 0 Å². The zero-order valence-corrected chi connectivity index (χ0v) is 11.5. The van der Waals surface area contributed by atoms with Gasteiger partial charge in [0.2, 0.25) is 5.09 Å². The third-order valence-electron chi connectivity index (χ3n) is 2.32. The number of hydrogen-bond acceptors (Lipinski definition) is 5. The van der Waals surface area contributed by atoms with E-state index in [2.05, 4.69) is 10.0 Å². The van der Waals surface area contributed by atoms with E-state index in [1.807, 2.05) is 0 Å². The van der Waals surface area contributed by atoms with Crippen LogP contribution in [0.25, 0.3) is 0 Å². The number of sulfonamides is 1. The molecule has 18 heavy (non-hydrogen) atoms. The molecule has 0 aromatic carbocycles. The molecule has 1 heterocycles. The molecule has 0 fully saturated rings. The summed E-state index contributed by atoms with van der Waals surface area (Å²) in [6, 6.07) is 3.11. The molecule has 2 N–H and O–H groups in total. The van der Waals surface area contributed by atoms with E-state index >= 15 is 0 Å². The van der Waals surface area contributed by atoms with Crippen LogP contribution >= 0.6 is 0 Å². The largest absolute Gasteiger partial charge is 0.447 e. The van der Waals surface area contributed by atoms with Crippen LogP contribution in [-0.2, 0) is 21.3 Å². The number of nitrogens with one attached hydrogen (secondary N) is 2. The molecule has 0 saturated carbocycles. The Morgan fingerprint density at radius 1 is 1.33 bits per heavy atom. The van der Waals surface area contributed by atoms with Gasteiger partial charge in [-0.3, -0.25) is 0 Å². The molecule has 0 aliphatic heterocycles. The van der Waals surface area contributed by atoms with E-state index in [-0.39, 0.29) is 5.09 Å². The van der Waals surface area contributed by atoms with Gasteiger partial charge in [0.05, 0.1) is 6.54 Å². The molecule has 1 rings (SSSR count). The minimum atomic E-state index is -3.53. The molecule has 0 amide bonds. The summed E-state index contributed by atoms with van der Waals surface area (Å²) in [5.41, 5.74) is 0. The monoisotopic (exact) mass is 276 g/mol. The highest BCUT2D eigenvalue weighted by molar-refractivity contribution is 7.89. The van der Waals surface area contributed by atoms with Crippen molar-refractivity contribution in [2.75, 3.05) is 27.3 Å². The summed E-state index contributed by atoms with van der Waals surface area (Å²) in [6.07, 6.45) is 1.55. The van der Waals surface area contributed by atoms with Crippen molar-refractivity contribution < 1.29 is 17.6 Å². The minimum Gasteiger partial charge on any atom is -0.447 e. The van der Waals surface area contributed by atoms with Crippen LogP contribution in [0.15, 0.2) is 21.6 Å². The lowest BCUT2D eigenvalue weighted by molar-refractivity contribution is 0.193. The molecule has 104 valence electrons. The fraction of sp³-hybridized carbons (Fsp3) is 0.636. The maximum Gasteiger partial charge on any atom is 0.273 e. The molecule has 0 bridgehead atoms. The van der Waals surface area contributed by atoms with Crippen LogP contribution in [-0.4, -0.2) is 35.7 Å². The van der Waals surface area contributed by atoms with Crippen LogP contribution in [0.1, 0.15) is 18.6 Å². The van der Waals surface area contributed by atoms with Gasteiger partial charge in [0, 0.05) is 20.3 Å². The molecule has 0 saturated heterocycles. The topological polar surface area (TPSA) is 80.6 Å². The quantitative estimate of drug-likeness (QED) is 0.649. The Hall–Kier alpha value is -0.890. The first-order chi connectivity index (χ1) is 8.60. The minimum absolute atomic E-state index is 0.0421. The smallest absolute Gasteiger partial charge is 0.273 e. The molecule has 1 aromatic rings. The highest BCUT2D eigenvalue weighted by Gasteiger charge is 2.17. The van der Waals surface area contributed by atoms with E-state index in [1.165, 1.54) is 6.07 Å². The Bertz CT molecular complexity index is 442. The first kappa shape index (κ1) is 15.2. The van der Waals surface area contributed by atoms with Gasteiger partial charge in [-0.15, -0.1) is 0 Å². The van der Waals surface area contributed by atoms with Crippen molar-refractivity contribution >= 4 is 10.0 Å². The number of rotatable bonds is 9. The van der Waals surface area contributed by atoms with Crippen molar-refractivity contribution in [1.29, 1.82) is 0 Å². The average molecular weight is 276 g/mol. The van der Waals surface area contributed by atoms with E-state index in [1.54, 1.807) is 20.2 Å². The van der Waals surface area contributed by atoms with E-state index in [0.717, 1.165) is 12.8 Å². The van der Waals surface area contributed by atoms with Crippen molar-refractivity contribution in [2.45, 2.75) is 24.5 Å². The zero-order chi connectivity index (χ0) is 13.4. The van der Waals surface area contributed by atoms with Crippen LogP contribution in [0.5, 0.6) is 0 Å². The van der Waals surface area contributed by atoms with Crippen molar-refractivity contribution in [3.8, 4) is 0 Å². The van der Waals surface area contributed by atoms with Crippen molar-refractivity contribution in [3.05, 3.63) is 17.9 Å². The second-order valence-corrected chi connectivity index (χ2v) is 5.55. The van der Waals surface area contributed by atoms with Crippen LogP contribution in [0.2, 0.25) is 0 Å². The first-order valence-electron chi connectivity index (χ1n) is 5.82. The van der Waals surface area contributed by atoms with Gasteiger partial charge in [0.15, 0.2) is 0 Å². The molecule has 7 heteroatoms. The second-order valence-electron chi connectivity index (χ2n) is 3.85. The SMILES string of the molecule is CNCc1ccc(S(=O)(=O)NCCCCOC)o1. The number of hydrogen-bond donors (Lipinski definition) is 2. The fourth-order valence-corrected chi connectivity index (χ4v) is 2.44. The summed E-state index contributed by atoms with van der Waals surface area (Å²) in [6.45, 7) is 1.52. The molecular weight excluding hydrogens is 256 g/mol. The summed E-state index contributed by atoms with van der Waals surface area (Å²) in [5.74, 6) is 0.595. The average Bonchev–Trinajstić information content (AvgIpc) is 2.79. The number of furan rings is 1. The van der Waals surface area contributed by atoms with Crippen LogP contribution < -0.4 is 10.0 Å². The van der Waals surface area contributed by atoms with Crippen molar-refractivity contribution in [1.82, 2.24) is 10.0 Å². The lowest BCUT2D eigenvalue weighted by Gasteiger charge is -2.04.